The SMILES string of the molecule is COC(=O)N(C)C(/C=C/c1ccc(-c2ncn(-c3ccc(OC(F)(F)F)cc3)n2)cc1)NC(=S)/N=C1\SCC(=O)N1c1cc(C)ccc1C(C)C. The van der Waals surface area contributed by atoms with Crippen LogP contribution < -0.4 is 15.0 Å². The van der Waals surface area contributed by atoms with Gasteiger partial charge in [-0.15, -0.1) is 18.3 Å². The number of aromatic nitrogens is 3. The molecule has 5 rings (SSSR count). The van der Waals surface area contributed by atoms with Crippen LogP contribution in [0.4, 0.5) is 23.7 Å². The summed E-state index contributed by atoms with van der Waals surface area (Å²) in [5.41, 5.74) is 4.77. The average Bonchev–Trinajstić information content (AvgIpc) is 3.72. The molecule has 0 bridgehead atoms. The Hall–Kier alpha value is -5.22. The van der Waals surface area contributed by atoms with Gasteiger partial charge < -0.3 is 14.8 Å². The van der Waals surface area contributed by atoms with Crippen molar-refractivity contribution in [2.24, 2.45) is 4.99 Å². The number of aryl methyl sites for hydroxylation is 1. The summed E-state index contributed by atoms with van der Waals surface area (Å²) in [6, 6.07) is 18.5. The van der Waals surface area contributed by atoms with Gasteiger partial charge in [0.1, 0.15) is 18.2 Å². The number of amidine groups is 1. The van der Waals surface area contributed by atoms with E-state index in [1.165, 1.54) is 59.0 Å². The Morgan fingerprint density at radius 2 is 1.82 bits per heavy atom. The normalized spacial score (nSPS) is 14.7. The van der Waals surface area contributed by atoms with Gasteiger partial charge in [-0.3, -0.25) is 14.6 Å². The molecule has 51 heavy (non-hydrogen) atoms. The van der Waals surface area contributed by atoms with Gasteiger partial charge in [0.05, 0.1) is 24.2 Å². The van der Waals surface area contributed by atoms with E-state index in [1.54, 1.807) is 24.1 Å². The van der Waals surface area contributed by atoms with Crippen LogP contribution in [0.1, 0.15) is 36.5 Å². The molecule has 1 fully saturated rings. The second-order valence-corrected chi connectivity index (χ2v) is 13.0. The quantitative estimate of drug-likeness (QED) is 0.140. The molecule has 1 aliphatic rings. The number of nitrogens with zero attached hydrogens (tertiary/aromatic N) is 6. The molecule has 4 aromatic rings. The van der Waals surface area contributed by atoms with Gasteiger partial charge in [0.2, 0.25) is 5.91 Å². The van der Waals surface area contributed by atoms with Crippen molar-refractivity contribution in [2.75, 3.05) is 24.8 Å². The third kappa shape index (κ3) is 9.32. The minimum absolute atomic E-state index is 0.0703. The lowest BCUT2D eigenvalue weighted by Gasteiger charge is -2.26. The number of rotatable bonds is 9. The lowest BCUT2D eigenvalue weighted by Crippen LogP contribution is -2.47. The van der Waals surface area contributed by atoms with E-state index in [0.717, 1.165) is 22.4 Å². The highest BCUT2D eigenvalue weighted by Gasteiger charge is 2.33. The molecule has 11 nitrogen and oxygen atoms in total. The fraction of sp³-hybridized carbons (Fsp3) is 0.257. The Bertz CT molecular complexity index is 1960. The molecule has 16 heteroatoms. The molecule has 0 radical (unpaired) electrons. The van der Waals surface area contributed by atoms with E-state index >= 15 is 0 Å². The molecule has 0 aliphatic carbocycles. The van der Waals surface area contributed by atoms with Gasteiger partial charge in [-0.2, -0.15) is 4.99 Å². The number of aliphatic imine (C=N–C) groups is 1. The number of hydrogen-bond donors (Lipinski definition) is 1. The largest absolute Gasteiger partial charge is 0.573 e. The van der Waals surface area contributed by atoms with Crippen molar-refractivity contribution < 1.29 is 32.2 Å². The number of hydrogen-bond acceptors (Lipinski definition) is 8. The van der Waals surface area contributed by atoms with E-state index in [2.05, 4.69) is 39.0 Å². The maximum absolute atomic E-state index is 13.0. The number of halogens is 3. The highest BCUT2D eigenvalue weighted by atomic mass is 32.2. The van der Waals surface area contributed by atoms with Crippen LogP contribution in [0.15, 0.2) is 84.1 Å². The average molecular weight is 738 g/mol. The fourth-order valence-corrected chi connectivity index (χ4v) is 6.19. The van der Waals surface area contributed by atoms with Crippen LogP contribution in [0.2, 0.25) is 0 Å². The topological polar surface area (TPSA) is 114 Å². The lowest BCUT2D eigenvalue weighted by molar-refractivity contribution is -0.274. The molecule has 0 spiro atoms. The second-order valence-electron chi connectivity index (χ2n) is 11.6. The number of thioether (sulfide) groups is 1. The Morgan fingerprint density at radius 1 is 1.12 bits per heavy atom. The molecule has 1 saturated heterocycles. The Labute approximate surface area is 302 Å². The zero-order chi connectivity index (χ0) is 36.9. The van der Waals surface area contributed by atoms with E-state index < -0.39 is 18.6 Å². The van der Waals surface area contributed by atoms with Crippen LogP contribution in [0.3, 0.4) is 0 Å². The van der Waals surface area contributed by atoms with E-state index in [9.17, 15) is 22.8 Å². The maximum atomic E-state index is 13.0. The first kappa shape index (κ1) is 37.0. The first-order valence-corrected chi connectivity index (χ1v) is 16.9. The molecule has 1 atom stereocenters. The van der Waals surface area contributed by atoms with Gasteiger partial charge in [0, 0.05) is 12.6 Å². The van der Waals surface area contributed by atoms with Gasteiger partial charge in [-0.1, -0.05) is 68.1 Å². The lowest BCUT2D eigenvalue weighted by atomic mass is 9.99. The van der Waals surface area contributed by atoms with E-state index in [-0.39, 0.29) is 28.4 Å². The molecule has 1 aliphatic heterocycles. The number of likely N-dealkylation sites (N-methyl/N-ethyl adjacent to an activating group) is 1. The van der Waals surface area contributed by atoms with Crippen molar-refractivity contribution in [3.8, 4) is 22.8 Å². The molecular formula is C35H34F3N7O4S2. The van der Waals surface area contributed by atoms with E-state index in [4.69, 9.17) is 17.0 Å². The molecule has 1 N–H and O–H groups in total. The summed E-state index contributed by atoms with van der Waals surface area (Å²) >= 11 is 6.89. The van der Waals surface area contributed by atoms with Crippen molar-refractivity contribution in [3.63, 3.8) is 0 Å². The smallest absolute Gasteiger partial charge is 0.453 e. The van der Waals surface area contributed by atoms with E-state index in [1.807, 2.05) is 49.4 Å². The van der Waals surface area contributed by atoms with Gasteiger partial charge in [0.15, 0.2) is 16.1 Å². The molecule has 266 valence electrons. The number of anilines is 1. The molecule has 0 saturated carbocycles. The van der Waals surface area contributed by atoms with Crippen molar-refractivity contribution in [1.82, 2.24) is 25.0 Å². The predicted molar refractivity (Wildman–Crippen MR) is 195 cm³/mol. The van der Waals surface area contributed by atoms with Crippen LogP contribution in [-0.4, -0.2) is 74.4 Å². The summed E-state index contributed by atoms with van der Waals surface area (Å²) in [5.74, 6) is 0.357. The Balaban J connectivity index is 1.31. The van der Waals surface area contributed by atoms with Crippen LogP contribution >= 0.6 is 24.0 Å². The first-order chi connectivity index (χ1) is 24.2. The third-order valence-electron chi connectivity index (χ3n) is 7.63. The predicted octanol–water partition coefficient (Wildman–Crippen LogP) is 7.31. The number of methoxy groups -OCH3 is 1. The number of alkyl halides is 3. The summed E-state index contributed by atoms with van der Waals surface area (Å²) in [5, 5.41) is 8.02. The number of carbonyl (C=O) groups excluding carboxylic acids is 2. The summed E-state index contributed by atoms with van der Waals surface area (Å²) in [6.45, 7) is 6.09. The highest BCUT2D eigenvalue weighted by molar-refractivity contribution is 8.15. The molecule has 2 amide bonds. The summed E-state index contributed by atoms with van der Waals surface area (Å²) in [7, 11) is 2.82. The maximum Gasteiger partial charge on any atom is 0.573 e. The molecular weight excluding hydrogens is 704 g/mol. The Kier molecular flexibility index (Phi) is 11.5. The molecule has 2 heterocycles. The minimum atomic E-state index is -4.78. The zero-order valence-corrected chi connectivity index (χ0v) is 29.8. The highest BCUT2D eigenvalue weighted by Crippen LogP contribution is 2.34. The first-order valence-electron chi connectivity index (χ1n) is 15.5. The Morgan fingerprint density at radius 3 is 2.47 bits per heavy atom. The standard InChI is InChI=1S/C35H34F3N7O4S2/c1-21(2)27-16-6-22(3)18-28(27)45-30(46)19-51-33(45)41-32(50)40-29(43(4)34(47)48-5)17-9-23-7-10-24(11-8-23)31-39-20-44(42-31)25-12-14-26(15-13-25)49-35(36,37)38/h6-18,20-21,29H,19H2,1-5H3,(H,40,50)/b17-9+,41-33-. The number of ether oxygens (including phenoxy) is 2. The summed E-state index contributed by atoms with van der Waals surface area (Å²) in [4.78, 5) is 37.4. The van der Waals surface area contributed by atoms with E-state index in [0.29, 0.717) is 22.2 Å². The third-order valence-corrected chi connectivity index (χ3v) is 8.76. The summed E-state index contributed by atoms with van der Waals surface area (Å²) < 4.78 is 47.7. The number of carbonyl (C=O) groups is 2. The minimum Gasteiger partial charge on any atom is -0.453 e. The van der Waals surface area contributed by atoms with Crippen molar-refractivity contribution in [1.29, 1.82) is 0 Å². The summed E-state index contributed by atoms with van der Waals surface area (Å²) in [6.07, 6.45) is -1.19. The van der Waals surface area contributed by atoms with Crippen molar-refractivity contribution in [2.45, 2.75) is 39.2 Å². The van der Waals surface area contributed by atoms with Gasteiger partial charge in [-0.05, 0) is 78.2 Å². The second kappa shape index (κ2) is 15.8. The van der Waals surface area contributed by atoms with Crippen LogP contribution in [-0.2, 0) is 9.53 Å². The number of nitrogens with one attached hydrogen (secondary N) is 1. The van der Waals surface area contributed by atoms with Crippen molar-refractivity contribution >= 4 is 58.0 Å². The molecule has 1 unspecified atom stereocenters. The number of amides is 2. The zero-order valence-electron chi connectivity index (χ0n) is 28.2. The van der Waals surface area contributed by atoms with Crippen molar-refractivity contribution in [3.05, 3.63) is 95.8 Å². The van der Waals surface area contributed by atoms with Gasteiger partial charge >= 0.3 is 12.5 Å². The van der Waals surface area contributed by atoms with Crippen LogP contribution in [0, 0.1) is 6.92 Å². The van der Waals surface area contributed by atoms with Gasteiger partial charge in [-0.25, -0.2) is 14.5 Å². The fourth-order valence-electron chi connectivity index (χ4n) is 5.06. The number of thiocarbonyl (C=S) groups is 1. The monoisotopic (exact) mass is 737 g/mol. The van der Waals surface area contributed by atoms with Crippen LogP contribution in [0.5, 0.6) is 5.75 Å². The number of benzene rings is 3. The van der Waals surface area contributed by atoms with Crippen LogP contribution in [0.25, 0.3) is 23.2 Å². The van der Waals surface area contributed by atoms with Gasteiger partial charge in [0.25, 0.3) is 0 Å². The molecule has 1 aromatic heterocycles. The molecule has 3 aromatic carbocycles.